The Morgan fingerprint density at radius 3 is 1.94 bits per heavy atom. The molecule has 0 bridgehead atoms. The highest BCUT2D eigenvalue weighted by molar-refractivity contribution is 6.09. The molecule has 0 N–H and O–H groups in total. The largest absolute Gasteiger partial charge is 0.472 e. The van der Waals surface area contributed by atoms with Crippen molar-refractivity contribution in [2.45, 2.75) is 24.5 Å². The van der Waals surface area contributed by atoms with Crippen LogP contribution in [-0.2, 0) is 18.9 Å². The van der Waals surface area contributed by atoms with Gasteiger partial charge < -0.3 is 27.8 Å². The van der Waals surface area contributed by atoms with Crippen molar-refractivity contribution in [2.75, 3.05) is 6.61 Å². The van der Waals surface area contributed by atoms with Crippen LogP contribution >= 0.6 is 0 Å². The molecule has 7 aromatic rings. The zero-order chi connectivity index (χ0) is 34.0. The third-order valence-corrected chi connectivity index (χ3v) is 8.41. The second-order valence-electron chi connectivity index (χ2n) is 11.4. The number of aromatic nitrogens is 3. The molecule has 3 aromatic carbocycles. The van der Waals surface area contributed by atoms with Gasteiger partial charge in [-0.25, -0.2) is 24.4 Å². The molecule has 1 aliphatic heterocycles. The van der Waals surface area contributed by atoms with Gasteiger partial charge in [0.25, 0.3) is 0 Å². The minimum Gasteiger partial charge on any atom is -0.472 e. The number of fused-ring (bicyclic) bond motifs is 3. The number of esters is 3. The van der Waals surface area contributed by atoms with E-state index in [1.54, 1.807) is 114 Å². The first-order chi connectivity index (χ1) is 24.6. The van der Waals surface area contributed by atoms with Crippen molar-refractivity contribution >= 4 is 40.0 Å². The van der Waals surface area contributed by atoms with E-state index >= 15 is 0 Å². The predicted octanol–water partition coefficient (Wildman–Crippen LogP) is 6.64. The van der Waals surface area contributed by atoms with Crippen LogP contribution in [0.25, 0.3) is 33.4 Å². The van der Waals surface area contributed by atoms with Gasteiger partial charge in [-0.3, -0.25) is 4.57 Å². The SMILES string of the molecule is O=C(OC[C@H]1O[C@@H](n2c3ccoc3c3c(-c4ccoc4)ncnc32)[C@H](OC(=O)c2ccccc2)[C@@H]1OC(=O)c1ccccc1)c1ccccc1. The van der Waals surface area contributed by atoms with Gasteiger partial charge in [-0.15, -0.1) is 0 Å². The number of furan rings is 2. The summed E-state index contributed by atoms with van der Waals surface area (Å²) < 4.78 is 37.6. The van der Waals surface area contributed by atoms with E-state index in [1.807, 2.05) is 0 Å². The van der Waals surface area contributed by atoms with Gasteiger partial charge in [0.05, 0.1) is 52.1 Å². The Labute approximate surface area is 283 Å². The lowest BCUT2D eigenvalue weighted by Crippen LogP contribution is -2.41. The number of nitrogens with zero attached hydrogens (tertiary/aromatic N) is 3. The van der Waals surface area contributed by atoms with Crippen molar-refractivity contribution < 1.29 is 42.2 Å². The van der Waals surface area contributed by atoms with Crippen LogP contribution in [-0.4, -0.2) is 57.4 Å². The number of rotatable bonds is 9. The summed E-state index contributed by atoms with van der Waals surface area (Å²) in [5.41, 5.74) is 3.49. The van der Waals surface area contributed by atoms with Crippen LogP contribution in [0.15, 0.2) is 137 Å². The number of carbonyl (C=O) groups is 3. The van der Waals surface area contributed by atoms with Crippen LogP contribution in [0.3, 0.4) is 0 Å². The highest BCUT2D eigenvalue weighted by atomic mass is 16.7. The fourth-order valence-corrected chi connectivity index (χ4v) is 6.10. The van der Waals surface area contributed by atoms with E-state index in [9.17, 15) is 14.4 Å². The number of ether oxygens (including phenoxy) is 4. The molecule has 0 radical (unpaired) electrons. The Balaban J connectivity index is 1.24. The summed E-state index contributed by atoms with van der Waals surface area (Å²) >= 11 is 0. The molecule has 0 saturated carbocycles. The summed E-state index contributed by atoms with van der Waals surface area (Å²) in [6.45, 7) is -0.334. The monoisotopic (exact) mass is 669 g/mol. The van der Waals surface area contributed by atoms with Crippen molar-refractivity contribution in [1.82, 2.24) is 14.5 Å². The highest BCUT2D eigenvalue weighted by Gasteiger charge is 2.52. The fourth-order valence-electron chi connectivity index (χ4n) is 6.10. The van der Waals surface area contributed by atoms with Gasteiger partial charge >= 0.3 is 17.9 Å². The normalized spacial score (nSPS) is 18.6. The number of hydrogen-bond acceptors (Lipinski definition) is 11. The van der Waals surface area contributed by atoms with E-state index < -0.39 is 42.4 Å². The maximum atomic E-state index is 13.7. The Bertz CT molecular complexity index is 2280. The second kappa shape index (κ2) is 13.2. The average molecular weight is 670 g/mol. The number of hydrogen-bond donors (Lipinski definition) is 0. The van der Waals surface area contributed by atoms with Gasteiger partial charge in [0.15, 0.2) is 29.7 Å². The van der Waals surface area contributed by atoms with E-state index in [-0.39, 0.29) is 17.7 Å². The fraction of sp³-hybridized carbons (Fsp3) is 0.132. The van der Waals surface area contributed by atoms with Crippen LogP contribution in [0.1, 0.15) is 37.3 Å². The summed E-state index contributed by atoms with van der Waals surface area (Å²) in [7, 11) is 0. The van der Waals surface area contributed by atoms with Gasteiger partial charge in [-0.2, -0.15) is 0 Å². The molecule has 4 atom stereocenters. The van der Waals surface area contributed by atoms with Gasteiger partial charge in [0, 0.05) is 11.6 Å². The molecule has 1 saturated heterocycles. The molecule has 0 unspecified atom stereocenters. The van der Waals surface area contributed by atoms with Crippen molar-refractivity contribution in [1.29, 1.82) is 0 Å². The van der Waals surface area contributed by atoms with Crippen LogP contribution in [0.2, 0.25) is 0 Å². The first-order valence-corrected chi connectivity index (χ1v) is 15.7. The summed E-state index contributed by atoms with van der Waals surface area (Å²) in [6, 6.07) is 28.8. The average Bonchev–Trinajstić information content (AvgIpc) is 3.98. The Hall–Kier alpha value is -6.53. The van der Waals surface area contributed by atoms with E-state index in [0.29, 0.717) is 39.0 Å². The molecule has 12 nitrogen and oxygen atoms in total. The van der Waals surface area contributed by atoms with E-state index in [2.05, 4.69) is 9.97 Å². The summed E-state index contributed by atoms with van der Waals surface area (Å²) in [4.78, 5) is 49.4. The second-order valence-corrected chi connectivity index (χ2v) is 11.4. The summed E-state index contributed by atoms with van der Waals surface area (Å²) in [5.74, 6) is -1.97. The van der Waals surface area contributed by atoms with Crippen molar-refractivity contribution in [2.24, 2.45) is 0 Å². The highest BCUT2D eigenvalue weighted by Crippen LogP contribution is 2.42. The minimum absolute atomic E-state index is 0.269. The smallest absolute Gasteiger partial charge is 0.338 e. The van der Waals surface area contributed by atoms with Crippen molar-refractivity contribution in [3.8, 4) is 11.3 Å². The molecular weight excluding hydrogens is 642 g/mol. The lowest BCUT2D eigenvalue weighted by Gasteiger charge is -2.25. The first-order valence-electron chi connectivity index (χ1n) is 15.7. The molecule has 4 aromatic heterocycles. The number of benzene rings is 3. The third-order valence-electron chi connectivity index (χ3n) is 8.41. The molecular formula is C38H27N3O9. The van der Waals surface area contributed by atoms with Gasteiger partial charge in [0.1, 0.15) is 19.0 Å². The van der Waals surface area contributed by atoms with Crippen LogP contribution in [0.4, 0.5) is 0 Å². The summed E-state index contributed by atoms with van der Waals surface area (Å²) in [6.07, 6.45) is 1.29. The van der Waals surface area contributed by atoms with E-state index in [4.69, 9.17) is 27.8 Å². The molecule has 50 heavy (non-hydrogen) atoms. The minimum atomic E-state index is -1.25. The molecule has 1 aliphatic rings. The quantitative estimate of drug-likeness (QED) is 0.120. The van der Waals surface area contributed by atoms with E-state index in [1.165, 1.54) is 18.9 Å². The van der Waals surface area contributed by atoms with Crippen LogP contribution in [0, 0.1) is 0 Å². The molecule has 12 heteroatoms. The van der Waals surface area contributed by atoms with Crippen LogP contribution < -0.4 is 0 Å². The topological polar surface area (TPSA) is 145 Å². The third kappa shape index (κ3) is 5.67. The Kier molecular flexibility index (Phi) is 8.11. The van der Waals surface area contributed by atoms with Gasteiger partial charge in [-0.05, 0) is 42.5 Å². The van der Waals surface area contributed by atoms with Crippen molar-refractivity contribution in [3.05, 3.63) is 145 Å². The Morgan fingerprint density at radius 1 is 0.700 bits per heavy atom. The maximum Gasteiger partial charge on any atom is 0.338 e. The van der Waals surface area contributed by atoms with Gasteiger partial charge in [0.2, 0.25) is 0 Å². The molecule has 0 aliphatic carbocycles. The molecule has 0 spiro atoms. The van der Waals surface area contributed by atoms with Gasteiger partial charge in [-0.1, -0.05) is 54.6 Å². The molecule has 8 rings (SSSR count). The van der Waals surface area contributed by atoms with E-state index in [0.717, 1.165) is 0 Å². The zero-order valence-corrected chi connectivity index (χ0v) is 26.2. The standard InChI is InChI=1S/C38H27N3O9/c42-36(23-10-4-1-5-11-23)47-21-28-32(49-37(43)24-12-6-2-7-13-24)33(50-38(44)25-14-8-3-9-15-25)35(48-28)41-27-17-19-46-31(27)29-30(26-16-18-45-20-26)39-22-40-34(29)41/h1-20,22,28,32-33,35H,21H2/t28-,32-,33-,35-/m1/s1. The lowest BCUT2D eigenvalue weighted by atomic mass is 10.1. The first kappa shape index (κ1) is 30.8. The molecule has 1 fully saturated rings. The zero-order valence-electron chi connectivity index (χ0n) is 26.2. The summed E-state index contributed by atoms with van der Waals surface area (Å²) in [5, 5.41) is 0.558. The maximum absolute atomic E-state index is 13.7. The van der Waals surface area contributed by atoms with Crippen molar-refractivity contribution in [3.63, 3.8) is 0 Å². The van der Waals surface area contributed by atoms with Crippen LogP contribution in [0.5, 0.6) is 0 Å². The lowest BCUT2D eigenvalue weighted by molar-refractivity contribution is -0.0588. The number of carbonyl (C=O) groups excluding carboxylic acids is 3. The molecule has 248 valence electrons. The predicted molar refractivity (Wildman–Crippen MR) is 177 cm³/mol. The Morgan fingerprint density at radius 2 is 1.32 bits per heavy atom. The molecule has 5 heterocycles. The molecule has 0 amide bonds.